The van der Waals surface area contributed by atoms with Crippen LogP contribution >= 0.6 is 0 Å². The molecule has 8 nitrogen and oxygen atoms in total. The smallest absolute Gasteiger partial charge is 0.0653 e. The van der Waals surface area contributed by atoms with E-state index in [0.29, 0.717) is 58.2 Å². The minimum atomic E-state index is -0.186. The number of hydrogen-bond acceptors (Lipinski definition) is 8. The van der Waals surface area contributed by atoms with Crippen LogP contribution in [0.1, 0.15) is 287 Å². The van der Waals surface area contributed by atoms with E-state index >= 15 is 0 Å². The van der Waals surface area contributed by atoms with Gasteiger partial charge in [0.2, 0.25) is 0 Å². The van der Waals surface area contributed by atoms with Crippen molar-refractivity contribution in [1.29, 1.82) is 0 Å². The van der Waals surface area contributed by atoms with Crippen molar-refractivity contribution in [3.8, 4) is 0 Å². The third-order valence-electron chi connectivity index (χ3n) is 23.4. The third kappa shape index (κ3) is 30.3. The fraction of sp³-hybridized carbons (Fsp3) is 0.807. The Hall–Kier alpha value is -2.40. The number of aliphatic hydroxyl groups is 8. The van der Waals surface area contributed by atoms with Crippen molar-refractivity contribution in [3.05, 3.63) is 101 Å². The molecule has 0 aromatic carbocycles. The van der Waals surface area contributed by atoms with Gasteiger partial charge in [-0.25, -0.2) is 0 Å². The minimum Gasteiger partial charge on any atom is -0.393 e. The molecule has 8 N–H and O–H groups in total. The Bertz CT molecular complexity index is 2040. The first-order valence-corrected chi connectivity index (χ1v) is 35.0. The molecule has 8 aliphatic rings. The van der Waals surface area contributed by atoms with Crippen molar-refractivity contribution in [1.82, 2.24) is 0 Å². The molecule has 0 saturated heterocycles. The zero-order valence-electron chi connectivity index (χ0n) is 60.1. The van der Waals surface area contributed by atoms with Crippen LogP contribution in [0.15, 0.2) is 101 Å². The highest BCUT2D eigenvalue weighted by Gasteiger charge is 2.41. The van der Waals surface area contributed by atoms with Gasteiger partial charge in [-0.1, -0.05) is 201 Å². The van der Waals surface area contributed by atoms with Gasteiger partial charge >= 0.3 is 0 Å². The first kappa shape index (κ1) is 92.8. The van der Waals surface area contributed by atoms with Gasteiger partial charge in [0.15, 0.2) is 0 Å². The minimum absolute atomic E-state index is 0. The zero-order chi connectivity index (χ0) is 67.9. The Kier molecular flexibility index (Phi) is 42.5. The van der Waals surface area contributed by atoms with E-state index in [1.165, 1.54) is 32.1 Å². The summed E-state index contributed by atoms with van der Waals surface area (Å²) < 4.78 is 0. The van der Waals surface area contributed by atoms with Crippen LogP contribution in [0.2, 0.25) is 0 Å². The van der Waals surface area contributed by atoms with Gasteiger partial charge in [0.05, 0.1) is 48.8 Å². The van der Waals surface area contributed by atoms with Gasteiger partial charge in [0.25, 0.3) is 0 Å². The van der Waals surface area contributed by atoms with E-state index in [-0.39, 0.29) is 104 Å². The summed E-state index contributed by atoms with van der Waals surface area (Å²) in [4.78, 5) is 0. The Balaban J connectivity index is -0.000000968. The van der Waals surface area contributed by atoms with Crippen LogP contribution in [0.3, 0.4) is 0 Å². The van der Waals surface area contributed by atoms with E-state index in [0.717, 1.165) is 122 Å². The molecular formula is C83H156O8. The van der Waals surface area contributed by atoms with Gasteiger partial charge in [0.1, 0.15) is 0 Å². The average Bonchev–Trinajstić information content (AvgIpc) is 1.41. The van der Waals surface area contributed by atoms with Gasteiger partial charge in [-0.15, -0.1) is 52.6 Å². The molecule has 8 heteroatoms. The maximum absolute atomic E-state index is 9.83. The summed E-state index contributed by atoms with van der Waals surface area (Å²) in [5.74, 6) is 4.14. The fourth-order valence-electron chi connectivity index (χ4n) is 15.4. The number of aliphatic hydroxyl groups excluding tert-OH is 8. The van der Waals surface area contributed by atoms with Crippen LogP contribution in [0.5, 0.6) is 0 Å². The normalized spacial score (nSPS) is 36.5. The quantitative estimate of drug-likeness (QED) is 0.111. The molecule has 17 unspecified atom stereocenters. The van der Waals surface area contributed by atoms with Gasteiger partial charge in [-0.2, -0.15) is 0 Å². The van der Waals surface area contributed by atoms with E-state index in [1.54, 1.807) is 0 Å². The van der Waals surface area contributed by atoms with Crippen LogP contribution < -0.4 is 0 Å². The lowest BCUT2D eigenvalue weighted by Crippen LogP contribution is -2.39. The predicted octanol–water partition coefficient (Wildman–Crippen LogP) is 20.8. The zero-order valence-corrected chi connectivity index (χ0v) is 60.1. The largest absolute Gasteiger partial charge is 0.393 e. The molecule has 0 radical (unpaired) electrons. The van der Waals surface area contributed by atoms with Crippen LogP contribution in [0.25, 0.3) is 0 Å². The summed E-state index contributed by atoms with van der Waals surface area (Å²) in [6, 6.07) is 0. The van der Waals surface area contributed by atoms with E-state index < -0.39 is 0 Å². The van der Waals surface area contributed by atoms with Gasteiger partial charge in [0, 0.05) is 11.3 Å². The molecule has 0 amide bonds. The van der Waals surface area contributed by atoms with Crippen molar-refractivity contribution in [2.24, 2.45) is 90.7 Å². The molecule has 91 heavy (non-hydrogen) atoms. The highest BCUT2D eigenvalue weighted by molar-refractivity contribution is 5.03. The van der Waals surface area contributed by atoms with E-state index in [1.807, 2.05) is 48.6 Å². The summed E-state index contributed by atoms with van der Waals surface area (Å²) in [6.45, 7) is 65.0. The number of rotatable bonds is 8. The predicted molar refractivity (Wildman–Crippen MR) is 399 cm³/mol. The third-order valence-corrected chi connectivity index (χ3v) is 23.4. The highest BCUT2D eigenvalue weighted by atomic mass is 16.3. The van der Waals surface area contributed by atoms with Crippen LogP contribution in [0, 0.1) is 90.7 Å². The molecule has 0 aromatic heterocycles. The Morgan fingerprint density at radius 3 is 1.30 bits per heavy atom. The first-order valence-electron chi connectivity index (χ1n) is 35.0. The monoisotopic (exact) mass is 1280 g/mol. The fourth-order valence-corrected chi connectivity index (χ4v) is 15.4. The number of hydrogen-bond donors (Lipinski definition) is 8. The first-order chi connectivity index (χ1) is 40.5. The van der Waals surface area contributed by atoms with Crippen LogP contribution in [-0.4, -0.2) is 89.7 Å². The molecule has 8 rings (SSSR count). The van der Waals surface area contributed by atoms with Crippen molar-refractivity contribution >= 4 is 0 Å². The summed E-state index contributed by atoms with van der Waals surface area (Å²) >= 11 is 0. The molecule has 17 atom stereocenters. The maximum atomic E-state index is 9.83. The maximum Gasteiger partial charge on any atom is 0.0653 e. The lowest BCUT2D eigenvalue weighted by molar-refractivity contribution is -0.0154. The average molecular weight is 1280 g/mol. The van der Waals surface area contributed by atoms with Gasteiger partial charge < -0.3 is 40.9 Å². The molecule has 8 fully saturated rings. The van der Waals surface area contributed by atoms with E-state index in [9.17, 15) is 40.9 Å². The lowest BCUT2D eigenvalue weighted by Gasteiger charge is -2.41. The second-order valence-corrected chi connectivity index (χ2v) is 33.8. The molecule has 536 valence electrons. The topological polar surface area (TPSA) is 162 Å². The summed E-state index contributed by atoms with van der Waals surface area (Å²) in [7, 11) is 0. The van der Waals surface area contributed by atoms with E-state index in [2.05, 4.69) is 163 Å². The van der Waals surface area contributed by atoms with Crippen molar-refractivity contribution in [3.63, 3.8) is 0 Å². The van der Waals surface area contributed by atoms with Gasteiger partial charge in [-0.05, 0) is 214 Å². The second kappa shape index (κ2) is 41.6. The van der Waals surface area contributed by atoms with Crippen LogP contribution in [0.4, 0.5) is 0 Å². The SMILES string of the molecule is C.C.C.C=CC1(C)C(C)CCCC1O.C=CC1CC(O)CC(C)(C)C1.C=CC1CC(O)CCC1(C)C.C=CC1CCC(C)(C)C(O)C1.C=CC1CCC(O)C(C)(C)C1.C=CC1CCC(O)CC1(C)C.C=CC1CCCC(C)(C)C1O.C=CC1CCCC(O)C1(C)C. The summed E-state index contributed by atoms with van der Waals surface area (Å²) in [5, 5.41) is 76.9. The molecule has 8 saturated carbocycles. The summed E-state index contributed by atoms with van der Waals surface area (Å²) in [6.07, 6.45) is 40.1. The Labute approximate surface area is 566 Å². The highest BCUT2D eigenvalue weighted by Crippen LogP contribution is 2.46. The van der Waals surface area contributed by atoms with Crippen molar-refractivity contribution < 1.29 is 40.9 Å². The Morgan fingerprint density at radius 1 is 0.330 bits per heavy atom. The Morgan fingerprint density at radius 2 is 0.868 bits per heavy atom. The molecule has 0 heterocycles. The van der Waals surface area contributed by atoms with Crippen molar-refractivity contribution in [2.45, 2.75) is 336 Å². The molecule has 0 aliphatic heterocycles. The lowest BCUT2D eigenvalue weighted by atomic mass is 9.66. The van der Waals surface area contributed by atoms with Crippen molar-refractivity contribution in [2.75, 3.05) is 0 Å². The van der Waals surface area contributed by atoms with Gasteiger partial charge in [-0.3, -0.25) is 0 Å². The standard InChI is InChI=1S/8C10H18O.3CH4/c1-4-8-5-9(11)7-10(2,3)6-8;1-4-8-7-9(11)5-6-10(8,2)3;1-4-8-5-6-9(11)7-10(8,2)3;1-4-8-5-6-10(2,3)9(11)7-8;1-4-8-5-6-9(11)10(2,3)7-8;1-4-8-6-5-7-10(2,3)9(8)11;1-4-8-6-5-7-9(11)10(8,2)3;1-4-10(3)8(2)6-5-7-9(10)11;;;/h8*4,8-9,11H,1,5-7H2,2-3H3;3*1H4. The summed E-state index contributed by atoms with van der Waals surface area (Å²) in [5.41, 5.74) is 1.21. The molecule has 0 bridgehead atoms. The molecule has 8 aliphatic carbocycles. The van der Waals surface area contributed by atoms with Crippen LogP contribution in [-0.2, 0) is 0 Å². The molecular weight excluding hydrogens is 1120 g/mol. The molecule has 0 spiro atoms. The number of allylic oxidation sites excluding steroid dienone is 6. The second-order valence-electron chi connectivity index (χ2n) is 33.8. The molecule has 0 aromatic rings. The van der Waals surface area contributed by atoms with E-state index in [4.69, 9.17) is 0 Å².